The van der Waals surface area contributed by atoms with E-state index < -0.39 is 0 Å². The van der Waals surface area contributed by atoms with Gasteiger partial charge in [0.25, 0.3) is 0 Å². The molecular weight excluding hydrogens is 290 g/mol. The lowest BCUT2D eigenvalue weighted by molar-refractivity contribution is 0.0454. The lowest BCUT2D eigenvalue weighted by Gasteiger charge is -2.47. The van der Waals surface area contributed by atoms with Crippen LogP contribution in [0.15, 0.2) is 24.3 Å². The highest BCUT2D eigenvalue weighted by atomic mass is 15.2. The third kappa shape index (κ3) is 2.55. The Balaban J connectivity index is 1.25. The molecule has 0 bridgehead atoms. The van der Waals surface area contributed by atoms with Gasteiger partial charge in [-0.3, -0.25) is 0 Å². The number of likely N-dealkylation sites (tertiary alicyclic amines) is 1. The highest BCUT2D eigenvalue weighted by molar-refractivity contribution is 5.39. The highest BCUT2D eigenvalue weighted by Gasteiger charge is 2.43. The average Bonchev–Trinajstić information content (AvgIpc) is 3.01. The average molecular weight is 324 g/mol. The van der Waals surface area contributed by atoms with Gasteiger partial charge in [-0.1, -0.05) is 49.9 Å². The number of benzene rings is 1. The third-order valence-electron chi connectivity index (χ3n) is 8.25. The second kappa shape index (κ2) is 6.16. The van der Waals surface area contributed by atoms with Gasteiger partial charge in [-0.25, -0.2) is 0 Å². The van der Waals surface area contributed by atoms with E-state index in [1.165, 1.54) is 83.7 Å². The van der Waals surface area contributed by atoms with Crippen molar-refractivity contribution in [2.45, 2.75) is 82.1 Å². The van der Waals surface area contributed by atoms with Crippen LogP contribution >= 0.6 is 0 Å². The monoisotopic (exact) mass is 323 g/mol. The Morgan fingerprint density at radius 2 is 1.62 bits per heavy atom. The van der Waals surface area contributed by atoms with Crippen molar-refractivity contribution < 1.29 is 0 Å². The smallest absolute Gasteiger partial charge is 0.00981 e. The molecule has 3 fully saturated rings. The van der Waals surface area contributed by atoms with Crippen LogP contribution in [0.5, 0.6) is 0 Å². The second-order valence-corrected chi connectivity index (χ2v) is 9.24. The fourth-order valence-electron chi connectivity index (χ4n) is 6.78. The maximum absolute atomic E-state index is 2.90. The van der Waals surface area contributed by atoms with Crippen molar-refractivity contribution in [1.29, 1.82) is 0 Å². The number of nitrogens with zero attached hydrogens (tertiary/aromatic N) is 1. The van der Waals surface area contributed by atoms with Gasteiger partial charge in [-0.15, -0.1) is 0 Å². The molecule has 1 spiro atoms. The molecule has 2 saturated carbocycles. The van der Waals surface area contributed by atoms with Crippen LogP contribution in [0.3, 0.4) is 0 Å². The summed E-state index contributed by atoms with van der Waals surface area (Å²) in [6.07, 6.45) is 16.2. The standard InChI is InChI=1S/C23H33N/c1-2-7-20-17-21(10-9-18(20)5-1)24-15-13-23(14-16-24)12-11-19-6-3-4-8-22(19)23/h3-4,6,8,18,20-21H,1-2,5,7,9-17H2. The summed E-state index contributed by atoms with van der Waals surface area (Å²) < 4.78 is 0. The Labute approximate surface area is 147 Å². The van der Waals surface area contributed by atoms with Crippen LogP contribution in [0.2, 0.25) is 0 Å². The van der Waals surface area contributed by atoms with Gasteiger partial charge in [0.05, 0.1) is 0 Å². The molecule has 3 aliphatic carbocycles. The number of hydrogen-bond acceptors (Lipinski definition) is 1. The molecule has 3 atom stereocenters. The quantitative estimate of drug-likeness (QED) is 0.675. The first-order valence-electron chi connectivity index (χ1n) is 10.7. The zero-order chi connectivity index (χ0) is 16.0. The topological polar surface area (TPSA) is 3.24 Å². The van der Waals surface area contributed by atoms with Crippen LogP contribution in [0, 0.1) is 11.8 Å². The first kappa shape index (κ1) is 15.4. The summed E-state index contributed by atoms with van der Waals surface area (Å²) in [6.45, 7) is 2.72. The van der Waals surface area contributed by atoms with Crippen LogP contribution < -0.4 is 0 Å². The summed E-state index contributed by atoms with van der Waals surface area (Å²) in [5, 5.41) is 0. The third-order valence-corrected chi connectivity index (χ3v) is 8.25. The van der Waals surface area contributed by atoms with Crippen molar-refractivity contribution in [3.8, 4) is 0 Å². The van der Waals surface area contributed by atoms with Crippen molar-refractivity contribution in [3.05, 3.63) is 35.4 Å². The Kier molecular flexibility index (Phi) is 3.96. The Bertz CT molecular complexity index is 583. The van der Waals surface area contributed by atoms with Crippen molar-refractivity contribution in [3.63, 3.8) is 0 Å². The van der Waals surface area contributed by atoms with E-state index in [-0.39, 0.29) is 0 Å². The maximum atomic E-state index is 2.90. The molecule has 1 aliphatic heterocycles. The van der Waals surface area contributed by atoms with E-state index in [0.29, 0.717) is 5.41 Å². The van der Waals surface area contributed by atoms with Gasteiger partial charge in [-0.2, -0.15) is 0 Å². The minimum Gasteiger partial charge on any atom is -0.300 e. The molecule has 0 radical (unpaired) electrons. The van der Waals surface area contributed by atoms with Crippen LogP contribution in [-0.4, -0.2) is 24.0 Å². The van der Waals surface area contributed by atoms with E-state index in [2.05, 4.69) is 29.2 Å². The predicted octanol–water partition coefficient (Wildman–Crippen LogP) is 5.33. The predicted molar refractivity (Wildman–Crippen MR) is 100 cm³/mol. The minimum atomic E-state index is 0.537. The summed E-state index contributed by atoms with van der Waals surface area (Å²) in [5.41, 5.74) is 3.89. The van der Waals surface area contributed by atoms with Gasteiger partial charge >= 0.3 is 0 Å². The van der Waals surface area contributed by atoms with Crippen LogP contribution in [0.25, 0.3) is 0 Å². The molecule has 1 nitrogen and oxygen atoms in total. The summed E-state index contributed by atoms with van der Waals surface area (Å²) in [4.78, 5) is 2.90. The molecule has 1 heteroatoms. The number of aryl methyl sites for hydroxylation is 1. The Morgan fingerprint density at radius 3 is 2.50 bits per heavy atom. The van der Waals surface area contributed by atoms with Crippen molar-refractivity contribution in [2.75, 3.05) is 13.1 Å². The second-order valence-electron chi connectivity index (χ2n) is 9.24. The van der Waals surface area contributed by atoms with Gasteiger partial charge in [0.15, 0.2) is 0 Å². The maximum Gasteiger partial charge on any atom is 0.00981 e. The number of piperidine rings is 1. The van der Waals surface area contributed by atoms with E-state index in [0.717, 1.165) is 17.9 Å². The summed E-state index contributed by atoms with van der Waals surface area (Å²) in [6, 6.07) is 10.2. The molecule has 24 heavy (non-hydrogen) atoms. The van der Waals surface area contributed by atoms with Gasteiger partial charge < -0.3 is 4.90 Å². The number of hydrogen-bond donors (Lipinski definition) is 0. The fourth-order valence-corrected chi connectivity index (χ4v) is 6.78. The molecule has 0 amide bonds. The van der Waals surface area contributed by atoms with E-state index in [1.807, 2.05) is 0 Å². The van der Waals surface area contributed by atoms with Gasteiger partial charge in [0, 0.05) is 6.04 Å². The van der Waals surface area contributed by atoms with Gasteiger partial charge in [0.1, 0.15) is 0 Å². The van der Waals surface area contributed by atoms with Crippen LogP contribution in [-0.2, 0) is 11.8 Å². The summed E-state index contributed by atoms with van der Waals surface area (Å²) in [5.74, 6) is 2.16. The normalized spacial score (nSPS) is 35.6. The molecule has 1 saturated heterocycles. The first-order valence-corrected chi connectivity index (χ1v) is 10.7. The zero-order valence-corrected chi connectivity index (χ0v) is 15.2. The van der Waals surface area contributed by atoms with E-state index >= 15 is 0 Å². The molecule has 1 heterocycles. The fraction of sp³-hybridized carbons (Fsp3) is 0.739. The molecule has 4 aliphatic rings. The first-order chi connectivity index (χ1) is 11.8. The van der Waals surface area contributed by atoms with E-state index in [4.69, 9.17) is 0 Å². The van der Waals surface area contributed by atoms with E-state index in [9.17, 15) is 0 Å². The molecule has 1 aromatic rings. The van der Waals surface area contributed by atoms with Crippen molar-refractivity contribution in [1.82, 2.24) is 4.90 Å². The molecule has 0 N–H and O–H groups in total. The Morgan fingerprint density at radius 1 is 0.833 bits per heavy atom. The highest BCUT2D eigenvalue weighted by Crippen LogP contribution is 2.48. The molecule has 130 valence electrons. The largest absolute Gasteiger partial charge is 0.300 e. The van der Waals surface area contributed by atoms with E-state index in [1.54, 1.807) is 11.1 Å². The number of fused-ring (bicyclic) bond motifs is 3. The lowest BCUT2D eigenvalue weighted by atomic mass is 9.68. The lowest BCUT2D eigenvalue weighted by Crippen LogP contribution is -2.48. The van der Waals surface area contributed by atoms with Crippen LogP contribution in [0.4, 0.5) is 0 Å². The molecular formula is C23H33N. The van der Waals surface area contributed by atoms with Crippen molar-refractivity contribution in [2.24, 2.45) is 11.8 Å². The zero-order valence-electron chi connectivity index (χ0n) is 15.2. The summed E-state index contributed by atoms with van der Waals surface area (Å²) >= 11 is 0. The van der Waals surface area contributed by atoms with Crippen molar-refractivity contribution >= 4 is 0 Å². The van der Waals surface area contributed by atoms with Crippen LogP contribution in [0.1, 0.15) is 75.3 Å². The summed E-state index contributed by atoms with van der Waals surface area (Å²) in [7, 11) is 0. The number of rotatable bonds is 1. The van der Waals surface area contributed by atoms with Gasteiger partial charge in [0.2, 0.25) is 0 Å². The molecule has 0 aromatic heterocycles. The molecule has 1 aromatic carbocycles. The SMILES string of the molecule is c1ccc2c(c1)CCC21CCN(C2CCC3CCCCC3C2)CC1. The molecule has 3 unspecified atom stereocenters. The van der Waals surface area contributed by atoms with Gasteiger partial charge in [-0.05, 0) is 86.4 Å². The Hall–Kier alpha value is -0.820. The molecule has 5 rings (SSSR count). The minimum absolute atomic E-state index is 0.537.